The van der Waals surface area contributed by atoms with Crippen LogP contribution in [0.3, 0.4) is 0 Å². The molecule has 0 aliphatic rings. The van der Waals surface area contributed by atoms with Gasteiger partial charge in [0.15, 0.2) is 5.96 Å². The van der Waals surface area contributed by atoms with Crippen LogP contribution in [0.5, 0.6) is 0 Å². The van der Waals surface area contributed by atoms with Gasteiger partial charge in [0.1, 0.15) is 11.9 Å². The molecule has 0 aliphatic carbocycles. The van der Waals surface area contributed by atoms with Gasteiger partial charge in [-0.05, 0) is 36.8 Å². The molecule has 23 heavy (non-hydrogen) atoms. The number of nitrogens with zero attached hydrogens (tertiary/aromatic N) is 1. The molecule has 0 radical (unpaired) electrons. The lowest BCUT2D eigenvalue weighted by molar-refractivity contribution is 0.111. The van der Waals surface area contributed by atoms with Gasteiger partial charge in [-0.25, -0.2) is 4.39 Å². The minimum atomic E-state index is -0.275. The predicted molar refractivity (Wildman–Crippen MR) is 103 cm³/mol. The van der Waals surface area contributed by atoms with Crippen molar-refractivity contribution in [3.05, 3.63) is 65.5 Å². The first-order valence-corrected chi connectivity index (χ1v) is 7.00. The molecule has 0 fully saturated rings. The van der Waals surface area contributed by atoms with Crippen LogP contribution < -0.4 is 11.1 Å². The summed E-state index contributed by atoms with van der Waals surface area (Å²) in [6.45, 7) is 2.37. The molecule has 0 bridgehead atoms. The molecule has 0 aromatic heterocycles. The van der Waals surface area contributed by atoms with E-state index in [1.54, 1.807) is 19.2 Å². The predicted octanol–water partition coefficient (Wildman–Crippen LogP) is 3.87. The lowest BCUT2D eigenvalue weighted by Gasteiger charge is -2.14. The Bertz CT molecular complexity index is 629. The Kier molecular flexibility index (Phi) is 7.97. The Labute approximate surface area is 153 Å². The monoisotopic (exact) mass is 429 g/mol. The van der Waals surface area contributed by atoms with Crippen molar-refractivity contribution in [3.8, 4) is 0 Å². The molecule has 0 saturated heterocycles. The molecule has 1 unspecified atom stereocenters. The van der Waals surface area contributed by atoms with Crippen molar-refractivity contribution in [2.75, 3.05) is 19.0 Å². The highest BCUT2D eigenvalue weighted by molar-refractivity contribution is 14.0. The van der Waals surface area contributed by atoms with Gasteiger partial charge in [0.05, 0.1) is 6.54 Å². The number of benzene rings is 2. The van der Waals surface area contributed by atoms with Crippen molar-refractivity contribution in [1.29, 1.82) is 0 Å². The summed E-state index contributed by atoms with van der Waals surface area (Å²) in [5.41, 5.74) is 8.78. The molecular formula is C17H21FIN3O. The van der Waals surface area contributed by atoms with Crippen molar-refractivity contribution in [2.24, 2.45) is 10.7 Å². The first-order valence-electron chi connectivity index (χ1n) is 7.00. The van der Waals surface area contributed by atoms with Gasteiger partial charge in [0, 0.05) is 12.8 Å². The van der Waals surface area contributed by atoms with Crippen molar-refractivity contribution in [2.45, 2.75) is 13.0 Å². The van der Waals surface area contributed by atoms with Gasteiger partial charge in [-0.1, -0.05) is 29.8 Å². The lowest BCUT2D eigenvalue weighted by atomic mass is 10.1. The summed E-state index contributed by atoms with van der Waals surface area (Å²) in [6.07, 6.45) is -0.265. The Hall–Kier alpha value is -1.67. The van der Waals surface area contributed by atoms with E-state index in [2.05, 4.69) is 10.3 Å². The molecule has 0 spiro atoms. The Balaban J connectivity index is 0.00000264. The SMILES string of the molecule is COC(CN=C(N)Nc1ccc(C)cc1)c1ccc(F)cc1.I. The summed E-state index contributed by atoms with van der Waals surface area (Å²) in [4.78, 5) is 4.28. The third-order valence-corrected chi connectivity index (χ3v) is 3.28. The van der Waals surface area contributed by atoms with Crippen LogP contribution in [0.25, 0.3) is 0 Å². The number of methoxy groups -OCH3 is 1. The number of hydrogen-bond acceptors (Lipinski definition) is 2. The Morgan fingerprint density at radius 3 is 2.35 bits per heavy atom. The molecule has 6 heteroatoms. The number of nitrogens with one attached hydrogen (secondary N) is 1. The van der Waals surface area contributed by atoms with Gasteiger partial charge < -0.3 is 15.8 Å². The summed E-state index contributed by atoms with van der Waals surface area (Å²) in [5.74, 6) is 0.0377. The first kappa shape index (κ1) is 19.4. The van der Waals surface area contributed by atoms with E-state index in [1.165, 1.54) is 17.7 Å². The van der Waals surface area contributed by atoms with E-state index < -0.39 is 0 Å². The summed E-state index contributed by atoms with van der Waals surface area (Å²) in [6, 6.07) is 14.0. The van der Waals surface area contributed by atoms with E-state index in [1.807, 2.05) is 31.2 Å². The fourth-order valence-electron chi connectivity index (χ4n) is 2.00. The number of nitrogens with two attached hydrogens (primary N) is 1. The molecule has 0 saturated carbocycles. The van der Waals surface area contributed by atoms with Crippen LogP contribution >= 0.6 is 24.0 Å². The van der Waals surface area contributed by atoms with Crippen LogP contribution in [0.1, 0.15) is 17.2 Å². The number of anilines is 1. The number of aryl methyl sites for hydroxylation is 1. The highest BCUT2D eigenvalue weighted by Gasteiger charge is 2.10. The highest BCUT2D eigenvalue weighted by Crippen LogP contribution is 2.17. The maximum absolute atomic E-state index is 12.9. The maximum Gasteiger partial charge on any atom is 0.193 e. The van der Waals surface area contributed by atoms with Crippen LogP contribution in [0.2, 0.25) is 0 Å². The molecule has 3 N–H and O–H groups in total. The standard InChI is InChI=1S/C17H20FN3O.HI/c1-12-3-9-15(10-4-12)21-17(19)20-11-16(22-2)13-5-7-14(18)8-6-13;/h3-10,16H,11H2,1-2H3,(H3,19,20,21);1H. The summed E-state index contributed by atoms with van der Waals surface area (Å²) in [5, 5.41) is 3.02. The minimum absolute atomic E-state index is 0. The largest absolute Gasteiger partial charge is 0.375 e. The lowest BCUT2D eigenvalue weighted by Crippen LogP contribution is -2.23. The molecule has 0 heterocycles. The molecule has 4 nitrogen and oxygen atoms in total. The van der Waals surface area contributed by atoms with Gasteiger partial charge in [0.2, 0.25) is 0 Å². The van der Waals surface area contributed by atoms with Crippen LogP contribution in [-0.4, -0.2) is 19.6 Å². The number of guanidine groups is 1. The van der Waals surface area contributed by atoms with Crippen LogP contribution in [-0.2, 0) is 4.74 Å². The fourth-order valence-corrected chi connectivity index (χ4v) is 2.00. The number of hydrogen-bond donors (Lipinski definition) is 2. The number of ether oxygens (including phenoxy) is 1. The first-order chi connectivity index (χ1) is 10.6. The smallest absolute Gasteiger partial charge is 0.193 e. The van der Waals surface area contributed by atoms with Gasteiger partial charge in [-0.3, -0.25) is 4.99 Å². The summed E-state index contributed by atoms with van der Waals surface area (Å²) < 4.78 is 18.3. The van der Waals surface area contributed by atoms with Crippen LogP contribution in [0.4, 0.5) is 10.1 Å². The zero-order valence-electron chi connectivity index (χ0n) is 13.1. The van der Waals surface area contributed by atoms with Gasteiger partial charge in [-0.2, -0.15) is 0 Å². The summed E-state index contributed by atoms with van der Waals surface area (Å²) in [7, 11) is 1.59. The van der Waals surface area contributed by atoms with E-state index in [-0.39, 0.29) is 35.9 Å². The summed E-state index contributed by atoms with van der Waals surface area (Å²) >= 11 is 0. The maximum atomic E-state index is 12.9. The fraction of sp³-hybridized carbons (Fsp3) is 0.235. The average molecular weight is 429 g/mol. The molecule has 0 amide bonds. The molecule has 2 rings (SSSR count). The normalized spacial score (nSPS) is 12.4. The second-order valence-electron chi connectivity index (χ2n) is 4.99. The third kappa shape index (κ3) is 6.15. The molecule has 2 aromatic rings. The van der Waals surface area contributed by atoms with E-state index >= 15 is 0 Å². The third-order valence-electron chi connectivity index (χ3n) is 3.28. The van der Waals surface area contributed by atoms with Gasteiger partial charge >= 0.3 is 0 Å². The zero-order valence-corrected chi connectivity index (χ0v) is 15.5. The van der Waals surface area contributed by atoms with E-state index in [4.69, 9.17) is 10.5 Å². The minimum Gasteiger partial charge on any atom is -0.375 e. The Morgan fingerprint density at radius 1 is 1.17 bits per heavy atom. The number of rotatable bonds is 5. The molecule has 124 valence electrons. The topological polar surface area (TPSA) is 59.6 Å². The van der Waals surface area contributed by atoms with Crippen molar-refractivity contribution in [1.82, 2.24) is 0 Å². The second-order valence-corrected chi connectivity index (χ2v) is 4.99. The zero-order chi connectivity index (χ0) is 15.9. The van der Waals surface area contributed by atoms with Crippen molar-refractivity contribution < 1.29 is 9.13 Å². The van der Waals surface area contributed by atoms with Crippen LogP contribution in [0, 0.1) is 12.7 Å². The second kappa shape index (κ2) is 9.46. The van der Waals surface area contributed by atoms with Gasteiger partial charge in [0.25, 0.3) is 0 Å². The quantitative estimate of drug-likeness (QED) is 0.431. The van der Waals surface area contributed by atoms with Crippen molar-refractivity contribution >= 4 is 35.6 Å². The molecule has 1 atom stereocenters. The van der Waals surface area contributed by atoms with E-state index in [0.29, 0.717) is 12.5 Å². The Morgan fingerprint density at radius 2 is 1.78 bits per heavy atom. The average Bonchev–Trinajstić information content (AvgIpc) is 2.52. The van der Waals surface area contributed by atoms with Crippen LogP contribution in [0.15, 0.2) is 53.5 Å². The molecule has 0 aliphatic heterocycles. The van der Waals surface area contributed by atoms with Crippen molar-refractivity contribution in [3.63, 3.8) is 0 Å². The number of aliphatic imine (C=N–C) groups is 1. The van der Waals surface area contributed by atoms with E-state index in [0.717, 1.165) is 11.3 Å². The molecule has 2 aromatic carbocycles. The van der Waals surface area contributed by atoms with Gasteiger partial charge in [-0.15, -0.1) is 24.0 Å². The molecular weight excluding hydrogens is 408 g/mol. The number of halogens is 2. The highest BCUT2D eigenvalue weighted by atomic mass is 127. The van der Waals surface area contributed by atoms with E-state index in [9.17, 15) is 4.39 Å².